The van der Waals surface area contributed by atoms with Gasteiger partial charge in [0, 0.05) is 29.9 Å². The third-order valence-corrected chi connectivity index (χ3v) is 6.65. The summed E-state index contributed by atoms with van der Waals surface area (Å²) >= 11 is 1.32. The lowest BCUT2D eigenvalue weighted by Crippen LogP contribution is -2.22. The van der Waals surface area contributed by atoms with Crippen molar-refractivity contribution >= 4 is 34.3 Å². The highest BCUT2D eigenvalue weighted by molar-refractivity contribution is 7.99. The molecule has 174 valence electrons. The number of para-hydroxylation sites is 1. The predicted molar refractivity (Wildman–Crippen MR) is 134 cm³/mol. The Kier molecular flexibility index (Phi) is 5.92. The number of nitrogens with one attached hydrogen (secondary N) is 1. The number of imidazole rings is 1. The third-order valence-electron chi connectivity index (χ3n) is 5.50. The van der Waals surface area contributed by atoms with Gasteiger partial charge in [0.1, 0.15) is 11.6 Å². The van der Waals surface area contributed by atoms with Gasteiger partial charge in [-0.25, -0.2) is 14.4 Å². The molecule has 0 saturated heterocycles. The van der Waals surface area contributed by atoms with Gasteiger partial charge in [0.2, 0.25) is 0 Å². The smallest absolute Gasteiger partial charge is 0.265 e. The topological polar surface area (TPSA) is 81.8 Å². The highest BCUT2D eigenvalue weighted by Gasteiger charge is 2.14. The van der Waals surface area contributed by atoms with E-state index in [0.717, 1.165) is 0 Å². The largest absolute Gasteiger partial charge is 0.329 e. The molecule has 0 saturated carbocycles. The van der Waals surface area contributed by atoms with E-state index in [4.69, 9.17) is 0 Å². The van der Waals surface area contributed by atoms with E-state index in [1.54, 1.807) is 61.7 Å². The first kappa shape index (κ1) is 22.5. The molecule has 0 aliphatic heterocycles. The predicted octanol–water partition coefficient (Wildman–Crippen LogP) is 4.97. The zero-order valence-electron chi connectivity index (χ0n) is 18.9. The Morgan fingerprint density at radius 3 is 2.57 bits per heavy atom. The summed E-state index contributed by atoms with van der Waals surface area (Å²) in [6, 6.07) is 18.0. The number of carbonyl (C=O) groups is 1. The molecule has 2 aromatic heterocycles. The number of amides is 1. The van der Waals surface area contributed by atoms with E-state index in [-0.39, 0.29) is 5.56 Å². The lowest BCUT2D eigenvalue weighted by atomic mass is 10.1. The molecule has 35 heavy (non-hydrogen) atoms. The molecule has 9 heteroatoms. The van der Waals surface area contributed by atoms with Crippen LogP contribution in [0, 0.1) is 12.7 Å². The average molecular weight is 486 g/mol. The van der Waals surface area contributed by atoms with E-state index < -0.39 is 11.7 Å². The van der Waals surface area contributed by atoms with Gasteiger partial charge in [0.15, 0.2) is 5.16 Å². The van der Waals surface area contributed by atoms with Crippen LogP contribution in [0.15, 0.2) is 94.0 Å². The summed E-state index contributed by atoms with van der Waals surface area (Å²) in [7, 11) is 1.86. The molecule has 0 fully saturated rings. The molecule has 2 heterocycles. The first-order chi connectivity index (χ1) is 16.9. The van der Waals surface area contributed by atoms with Gasteiger partial charge in [-0.15, -0.1) is 0 Å². The summed E-state index contributed by atoms with van der Waals surface area (Å²) < 4.78 is 17.3. The Balaban J connectivity index is 1.42. The number of carbonyl (C=O) groups excluding carboxylic acids is 1. The number of fused-ring (bicyclic) bond motifs is 1. The van der Waals surface area contributed by atoms with Crippen LogP contribution in [0.3, 0.4) is 0 Å². The Labute approximate surface area is 204 Å². The van der Waals surface area contributed by atoms with E-state index in [1.807, 2.05) is 23.9 Å². The lowest BCUT2D eigenvalue weighted by molar-refractivity contribution is 0.102. The van der Waals surface area contributed by atoms with Gasteiger partial charge in [0.25, 0.3) is 11.5 Å². The van der Waals surface area contributed by atoms with Crippen LogP contribution in [0.1, 0.15) is 16.2 Å². The SMILES string of the molecule is Cc1nc2ccccc2c(=O)n1-c1ccc(C(=O)Nc2cc(F)ccc2Sc2nccn2C)cc1. The summed E-state index contributed by atoms with van der Waals surface area (Å²) in [6.07, 6.45) is 3.48. The van der Waals surface area contributed by atoms with Crippen LogP contribution in [0.5, 0.6) is 0 Å². The maximum atomic E-state index is 14.0. The van der Waals surface area contributed by atoms with E-state index >= 15 is 0 Å². The number of halogens is 1. The molecule has 0 radical (unpaired) electrons. The zero-order chi connectivity index (χ0) is 24.5. The van der Waals surface area contributed by atoms with E-state index in [2.05, 4.69) is 15.3 Å². The molecule has 0 aliphatic carbocycles. The second kappa shape index (κ2) is 9.19. The fourth-order valence-corrected chi connectivity index (χ4v) is 4.61. The van der Waals surface area contributed by atoms with Crippen molar-refractivity contribution < 1.29 is 9.18 Å². The standard InChI is InChI=1S/C26H20FN5O2S/c1-16-29-21-6-4-3-5-20(21)25(34)32(16)19-10-7-17(8-11-19)24(33)30-22-15-18(27)9-12-23(22)35-26-28-13-14-31(26)2/h3-15H,1-2H3,(H,30,33). The van der Waals surface area contributed by atoms with Gasteiger partial charge in [-0.2, -0.15) is 0 Å². The fourth-order valence-electron chi connectivity index (χ4n) is 3.74. The van der Waals surface area contributed by atoms with E-state index in [0.29, 0.717) is 43.7 Å². The maximum absolute atomic E-state index is 14.0. The molecule has 1 N–H and O–H groups in total. The number of aromatic nitrogens is 4. The monoisotopic (exact) mass is 485 g/mol. The van der Waals surface area contributed by atoms with Gasteiger partial charge < -0.3 is 9.88 Å². The number of aryl methyl sites for hydroxylation is 2. The summed E-state index contributed by atoms with van der Waals surface area (Å²) in [5, 5.41) is 4.01. The minimum atomic E-state index is -0.460. The van der Waals surface area contributed by atoms with Gasteiger partial charge in [-0.1, -0.05) is 12.1 Å². The molecular weight excluding hydrogens is 465 g/mol. The van der Waals surface area contributed by atoms with Crippen LogP contribution >= 0.6 is 11.8 Å². The molecule has 0 aliphatic rings. The van der Waals surface area contributed by atoms with Crippen molar-refractivity contribution in [3.05, 3.63) is 107 Å². The molecule has 5 aromatic rings. The highest BCUT2D eigenvalue weighted by Crippen LogP contribution is 2.33. The van der Waals surface area contributed by atoms with Crippen molar-refractivity contribution in [1.82, 2.24) is 19.1 Å². The molecule has 7 nitrogen and oxygen atoms in total. The van der Waals surface area contributed by atoms with Crippen molar-refractivity contribution in [3.63, 3.8) is 0 Å². The van der Waals surface area contributed by atoms with Crippen molar-refractivity contribution in [2.45, 2.75) is 17.0 Å². The minimum Gasteiger partial charge on any atom is -0.329 e. The van der Waals surface area contributed by atoms with E-state index in [1.165, 1.54) is 28.5 Å². The lowest BCUT2D eigenvalue weighted by Gasteiger charge is -2.13. The summed E-state index contributed by atoms with van der Waals surface area (Å²) in [4.78, 5) is 35.4. The second-order valence-electron chi connectivity index (χ2n) is 7.88. The molecule has 3 aromatic carbocycles. The van der Waals surface area contributed by atoms with Crippen LogP contribution in [0.2, 0.25) is 0 Å². The molecule has 1 amide bonds. The van der Waals surface area contributed by atoms with Gasteiger partial charge >= 0.3 is 0 Å². The van der Waals surface area contributed by atoms with Gasteiger partial charge in [0.05, 0.1) is 22.3 Å². The normalized spacial score (nSPS) is 11.1. The van der Waals surface area contributed by atoms with Crippen LogP contribution in [0.4, 0.5) is 10.1 Å². The molecule has 0 atom stereocenters. The van der Waals surface area contributed by atoms with Gasteiger partial charge in [-0.3, -0.25) is 14.2 Å². The first-order valence-corrected chi connectivity index (χ1v) is 11.6. The minimum absolute atomic E-state index is 0.180. The zero-order valence-corrected chi connectivity index (χ0v) is 19.7. The number of hydrogen-bond acceptors (Lipinski definition) is 5. The van der Waals surface area contributed by atoms with Crippen LogP contribution in [0.25, 0.3) is 16.6 Å². The van der Waals surface area contributed by atoms with Crippen molar-refractivity contribution in [2.75, 3.05) is 5.32 Å². The van der Waals surface area contributed by atoms with Gasteiger partial charge in [-0.05, 0) is 73.3 Å². The first-order valence-electron chi connectivity index (χ1n) is 10.8. The quantitative estimate of drug-likeness (QED) is 0.380. The second-order valence-corrected chi connectivity index (χ2v) is 8.89. The molecular formula is C26H20FN5O2S. The summed E-state index contributed by atoms with van der Waals surface area (Å²) in [5.41, 5.74) is 1.76. The fraction of sp³-hybridized carbons (Fsp3) is 0.0769. The van der Waals surface area contributed by atoms with Crippen molar-refractivity contribution in [2.24, 2.45) is 7.05 Å². The summed E-state index contributed by atoms with van der Waals surface area (Å²) in [6.45, 7) is 1.76. The number of anilines is 1. The molecule has 0 bridgehead atoms. The molecule has 0 spiro atoms. The number of hydrogen-bond donors (Lipinski definition) is 1. The Hall–Kier alpha value is -4.24. The Morgan fingerprint density at radius 2 is 1.83 bits per heavy atom. The van der Waals surface area contributed by atoms with Crippen LogP contribution < -0.4 is 10.9 Å². The van der Waals surface area contributed by atoms with Crippen molar-refractivity contribution in [3.8, 4) is 5.69 Å². The third kappa shape index (κ3) is 4.45. The number of rotatable bonds is 5. The number of nitrogens with zero attached hydrogens (tertiary/aromatic N) is 4. The van der Waals surface area contributed by atoms with Crippen LogP contribution in [-0.2, 0) is 7.05 Å². The maximum Gasteiger partial charge on any atom is 0.265 e. The molecule has 5 rings (SSSR count). The number of benzene rings is 3. The molecule has 0 unspecified atom stereocenters. The average Bonchev–Trinajstić information content (AvgIpc) is 3.25. The summed E-state index contributed by atoms with van der Waals surface area (Å²) in [5.74, 6) is -0.315. The highest BCUT2D eigenvalue weighted by atomic mass is 32.2. The van der Waals surface area contributed by atoms with Crippen LogP contribution in [-0.4, -0.2) is 25.0 Å². The Bertz CT molecular complexity index is 1630. The van der Waals surface area contributed by atoms with Crippen molar-refractivity contribution in [1.29, 1.82) is 0 Å². The van der Waals surface area contributed by atoms with E-state index in [9.17, 15) is 14.0 Å². The Morgan fingerprint density at radius 1 is 1.06 bits per heavy atom.